The van der Waals surface area contributed by atoms with Crippen LogP contribution < -0.4 is 10.6 Å². The number of nitrogens with zero attached hydrogens (tertiary/aromatic N) is 1. The van der Waals surface area contributed by atoms with Gasteiger partial charge in [-0.25, -0.2) is 0 Å². The summed E-state index contributed by atoms with van der Waals surface area (Å²) >= 11 is 1.81. The fraction of sp³-hybridized carbons (Fsp3) is 0.917. The molecular weight excluding hydrogens is 234 g/mol. The quantitative estimate of drug-likeness (QED) is 0.381. The molecule has 0 spiro atoms. The van der Waals surface area contributed by atoms with Crippen molar-refractivity contribution < 1.29 is 5.11 Å². The van der Waals surface area contributed by atoms with Crippen LogP contribution in [0.2, 0.25) is 0 Å². The van der Waals surface area contributed by atoms with E-state index in [0.717, 1.165) is 50.5 Å². The number of hydrogen-bond acceptors (Lipinski definition) is 3. The Hall–Kier alpha value is -0.420. The highest BCUT2D eigenvalue weighted by atomic mass is 32.2. The SMILES string of the molecule is CCNC(=NCC1(O)CCCC1)NCCSC. The first-order valence-corrected chi connectivity index (χ1v) is 7.83. The van der Waals surface area contributed by atoms with Gasteiger partial charge in [0, 0.05) is 18.8 Å². The minimum absolute atomic E-state index is 0.515. The molecule has 0 aromatic heterocycles. The van der Waals surface area contributed by atoms with Gasteiger partial charge in [0.2, 0.25) is 0 Å². The van der Waals surface area contributed by atoms with E-state index in [1.165, 1.54) is 0 Å². The summed E-state index contributed by atoms with van der Waals surface area (Å²) in [5.41, 5.74) is -0.554. The summed E-state index contributed by atoms with van der Waals surface area (Å²) in [6.45, 7) is 4.33. The third kappa shape index (κ3) is 5.64. The highest BCUT2D eigenvalue weighted by Gasteiger charge is 2.30. The van der Waals surface area contributed by atoms with E-state index in [2.05, 4.69) is 28.8 Å². The summed E-state index contributed by atoms with van der Waals surface area (Å²) < 4.78 is 0. The van der Waals surface area contributed by atoms with Crippen molar-refractivity contribution in [2.24, 2.45) is 4.99 Å². The number of aliphatic hydroxyl groups is 1. The Morgan fingerprint density at radius 3 is 2.65 bits per heavy atom. The minimum Gasteiger partial charge on any atom is -0.388 e. The number of thioether (sulfide) groups is 1. The Labute approximate surface area is 109 Å². The van der Waals surface area contributed by atoms with E-state index in [1.54, 1.807) is 0 Å². The molecule has 100 valence electrons. The summed E-state index contributed by atoms with van der Waals surface area (Å²) in [7, 11) is 0. The molecule has 0 atom stereocenters. The molecule has 3 N–H and O–H groups in total. The van der Waals surface area contributed by atoms with Crippen molar-refractivity contribution in [3.05, 3.63) is 0 Å². The van der Waals surface area contributed by atoms with Crippen LogP contribution in [0.5, 0.6) is 0 Å². The molecule has 1 aliphatic carbocycles. The molecule has 0 aromatic carbocycles. The van der Waals surface area contributed by atoms with Gasteiger partial charge in [0.1, 0.15) is 0 Å². The van der Waals surface area contributed by atoms with E-state index in [9.17, 15) is 5.11 Å². The van der Waals surface area contributed by atoms with Crippen LogP contribution >= 0.6 is 11.8 Å². The van der Waals surface area contributed by atoms with Gasteiger partial charge in [-0.05, 0) is 26.0 Å². The van der Waals surface area contributed by atoms with Crippen LogP contribution in [-0.4, -0.2) is 48.3 Å². The Balaban J connectivity index is 2.38. The van der Waals surface area contributed by atoms with E-state index in [4.69, 9.17) is 0 Å². The average molecular weight is 259 g/mol. The minimum atomic E-state index is -0.554. The topological polar surface area (TPSA) is 56.7 Å². The first-order valence-electron chi connectivity index (χ1n) is 6.44. The second-order valence-electron chi connectivity index (χ2n) is 4.55. The molecule has 5 heteroatoms. The van der Waals surface area contributed by atoms with Crippen molar-refractivity contribution >= 4 is 17.7 Å². The maximum atomic E-state index is 10.2. The van der Waals surface area contributed by atoms with E-state index >= 15 is 0 Å². The zero-order valence-corrected chi connectivity index (χ0v) is 11.8. The molecule has 0 radical (unpaired) electrons. The molecule has 1 aliphatic rings. The Morgan fingerprint density at radius 2 is 2.06 bits per heavy atom. The third-order valence-electron chi connectivity index (χ3n) is 3.01. The second-order valence-corrected chi connectivity index (χ2v) is 5.53. The van der Waals surface area contributed by atoms with Gasteiger partial charge in [0.05, 0.1) is 12.1 Å². The molecule has 4 nitrogen and oxygen atoms in total. The highest BCUT2D eigenvalue weighted by molar-refractivity contribution is 7.98. The summed E-state index contributed by atoms with van der Waals surface area (Å²) in [5, 5.41) is 16.7. The van der Waals surface area contributed by atoms with Crippen molar-refractivity contribution in [3.8, 4) is 0 Å². The molecule has 0 bridgehead atoms. The molecule has 1 saturated carbocycles. The molecule has 1 fully saturated rings. The summed E-state index contributed by atoms with van der Waals surface area (Å²) in [5.74, 6) is 1.89. The van der Waals surface area contributed by atoms with Gasteiger partial charge in [-0.1, -0.05) is 12.8 Å². The van der Waals surface area contributed by atoms with Crippen molar-refractivity contribution in [2.75, 3.05) is 31.6 Å². The number of guanidine groups is 1. The van der Waals surface area contributed by atoms with Crippen LogP contribution in [0.25, 0.3) is 0 Å². The fourth-order valence-corrected chi connectivity index (χ4v) is 2.34. The summed E-state index contributed by atoms with van der Waals surface area (Å²) in [6, 6.07) is 0. The fourth-order valence-electron chi connectivity index (χ4n) is 2.03. The molecular formula is C12H25N3OS. The summed E-state index contributed by atoms with van der Waals surface area (Å²) in [6.07, 6.45) is 6.12. The Morgan fingerprint density at radius 1 is 1.35 bits per heavy atom. The van der Waals surface area contributed by atoms with Crippen LogP contribution in [0.3, 0.4) is 0 Å². The molecule has 17 heavy (non-hydrogen) atoms. The first kappa shape index (κ1) is 14.6. The van der Waals surface area contributed by atoms with Crippen molar-refractivity contribution in [1.29, 1.82) is 0 Å². The number of nitrogens with one attached hydrogen (secondary N) is 2. The number of rotatable bonds is 6. The van der Waals surface area contributed by atoms with Crippen molar-refractivity contribution in [2.45, 2.75) is 38.2 Å². The summed E-state index contributed by atoms with van der Waals surface area (Å²) in [4.78, 5) is 4.47. The standard InChI is InChI=1S/C12H25N3OS/c1-3-13-11(14-8-9-17-2)15-10-12(16)6-4-5-7-12/h16H,3-10H2,1-2H3,(H2,13,14,15). The van der Waals surface area contributed by atoms with Crippen molar-refractivity contribution in [1.82, 2.24) is 10.6 Å². The van der Waals surface area contributed by atoms with Crippen LogP contribution in [0.1, 0.15) is 32.6 Å². The van der Waals surface area contributed by atoms with E-state index in [-0.39, 0.29) is 0 Å². The van der Waals surface area contributed by atoms with Gasteiger partial charge in [-0.15, -0.1) is 0 Å². The molecule has 0 aliphatic heterocycles. The lowest BCUT2D eigenvalue weighted by Gasteiger charge is -2.20. The number of aliphatic imine (C=N–C) groups is 1. The van der Waals surface area contributed by atoms with Gasteiger partial charge in [-0.3, -0.25) is 4.99 Å². The maximum absolute atomic E-state index is 10.2. The normalized spacial score (nSPS) is 19.4. The Bertz CT molecular complexity index is 240. The van der Waals surface area contributed by atoms with Gasteiger partial charge in [0.15, 0.2) is 5.96 Å². The van der Waals surface area contributed by atoms with Crippen LogP contribution in [-0.2, 0) is 0 Å². The van der Waals surface area contributed by atoms with E-state index < -0.39 is 5.60 Å². The van der Waals surface area contributed by atoms with Crippen LogP contribution in [0.15, 0.2) is 4.99 Å². The predicted octanol–water partition coefficient (Wildman–Crippen LogP) is 1.21. The van der Waals surface area contributed by atoms with Gasteiger partial charge < -0.3 is 15.7 Å². The first-order chi connectivity index (χ1) is 8.20. The Kier molecular flexibility index (Phi) is 6.73. The van der Waals surface area contributed by atoms with Gasteiger partial charge in [-0.2, -0.15) is 11.8 Å². The predicted molar refractivity (Wildman–Crippen MR) is 75.8 cm³/mol. The lowest BCUT2D eigenvalue weighted by molar-refractivity contribution is 0.0574. The third-order valence-corrected chi connectivity index (χ3v) is 3.62. The lowest BCUT2D eigenvalue weighted by atomic mass is 10.0. The average Bonchev–Trinajstić information content (AvgIpc) is 2.74. The monoisotopic (exact) mass is 259 g/mol. The zero-order chi connectivity index (χ0) is 12.6. The maximum Gasteiger partial charge on any atom is 0.191 e. The lowest BCUT2D eigenvalue weighted by Crippen LogP contribution is -2.40. The molecule has 0 saturated heterocycles. The van der Waals surface area contributed by atoms with Crippen LogP contribution in [0, 0.1) is 0 Å². The zero-order valence-electron chi connectivity index (χ0n) is 11.0. The van der Waals surface area contributed by atoms with Gasteiger partial charge in [0.25, 0.3) is 0 Å². The smallest absolute Gasteiger partial charge is 0.191 e. The van der Waals surface area contributed by atoms with Crippen molar-refractivity contribution in [3.63, 3.8) is 0 Å². The van der Waals surface area contributed by atoms with Crippen LogP contribution in [0.4, 0.5) is 0 Å². The molecule has 0 aromatic rings. The molecule has 0 unspecified atom stereocenters. The molecule has 0 amide bonds. The number of hydrogen-bond donors (Lipinski definition) is 3. The van der Waals surface area contributed by atoms with Gasteiger partial charge >= 0.3 is 0 Å². The van der Waals surface area contributed by atoms with E-state index in [0.29, 0.717) is 6.54 Å². The van der Waals surface area contributed by atoms with E-state index in [1.807, 2.05) is 11.8 Å². The second kappa shape index (κ2) is 7.82. The molecule has 1 rings (SSSR count). The molecule has 0 heterocycles. The highest BCUT2D eigenvalue weighted by Crippen LogP contribution is 2.29. The largest absolute Gasteiger partial charge is 0.388 e.